The van der Waals surface area contributed by atoms with Crippen LogP contribution in [-0.2, 0) is 0 Å². The maximum atomic E-state index is 10.2. The first-order chi connectivity index (χ1) is 4.86. The van der Waals surface area contributed by atoms with Gasteiger partial charge in [0.25, 0.3) is 0 Å². The Labute approximate surface area is 68.5 Å². The summed E-state index contributed by atoms with van der Waals surface area (Å²) in [5, 5.41) is 0. The summed E-state index contributed by atoms with van der Waals surface area (Å²) >= 11 is 3.32. The van der Waals surface area contributed by atoms with E-state index in [4.69, 9.17) is 0 Å². The molecular formula is C7H8OS2. The monoisotopic (exact) mass is 172 g/mol. The van der Waals surface area contributed by atoms with Crippen LogP contribution in [0.2, 0.25) is 0 Å². The third kappa shape index (κ3) is 1.85. The molecule has 0 aliphatic rings. The molecule has 1 nitrogen and oxygen atoms in total. The lowest BCUT2D eigenvalue weighted by atomic mass is 10.5. The Kier molecular flexibility index (Phi) is 2.96. The fourth-order valence-corrected chi connectivity index (χ4v) is 2.50. The van der Waals surface area contributed by atoms with Crippen LogP contribution in [0.4, 0.5) is 0 Å². The van der Waals surface area contributed by atoms with Crippen LogP contribution in [0.1, 0.15) is 16.6 Å². The second-order valence-electron chi connectivity index (χ2n) is 1.71. The maximum Gasteiger partial charge on any atom is 0.160 e. The molecule has 0 radical (unpaired) electrons. The van der Waals surface area contributed by atoms with Gasteiger partial charge in [0, 0.05) is 0 Å². The highest BCUT2D eigenvalue weighted by Crippen LogP contribution is 2.25. The SMILES string of the molecule is CCSc1ccc(C=O)s1. The minimum Gasteiger partial charge on any atom is -0.297 e. The fourth-order valence-electron chi connectivity index (χ4n) is 0.618. The Bertz CT molecular complexity index is 217. The minimum absolute atomic E-state index is 0.816. The van der Waals surface area contributed by atoms with Crippen molar-refractivity contribution in [2.24, 2.45) is 0 Å². The van der Waals surface area contributed by atoms with Gasteiger partial charge < -0.3 is 0 Å². The molecule has 54 valence electrons. The van der Waals surface area contributed by atoms with E-state index in [0.717, 1.165) is 16.9 Å². The van der Waals surface area contributed by atoms with E-state index < -0.39 is 0 Å². The summed E-state index contributed by atoms with van der Waals surface area (Å²) in [6, 6.07) is 3.85. The number of aldehydes is 1. The molecule has 0 aliphatic carbocycles. The molecule has 0 N–H and O–H groups in total. The third-order valence-corrected chi connectivity index (χ3v) is 3.12. The van der Waals surface area contributed by atoms with Crippen molar-refractivity contribution in [3.63, 3.8) is 0 Å². The second-order valence-corrected chi connectivity index (χ2v) is 4.39. The van der Waals surface area contributed by atoms with Gasteiger partial charge in [0.05, 0.1) is 9.09 Å². The predicted molar refractivity (Wildman–Crippen MR) is 46.1 cm³/mol. The van der Waals surface area contributed by atoms with E-state index in [-0.39, 0.29) is 0 Å². The Balaban J connectivity index is 2.68. The van der Waals surface area contributed by atoms with Gasteiger partial charge in [-0.1, -0.05) is 6.92 Å². The predicted octanol–water partition coefficient (Wildman–Crippen LogP) is 2.67. The van der Waals surface area contributed by atoms with Crippen LogP contribution in [0.3, 0.4) is 0 Å². The van der Waals surface area contributed by atoms with E-state index in [9.17, 15) is 4.79 Å². The molecule has 0 atom stereocenters. The first kappa shape index (κ1) is 7.82. The quantitative estimate of drug-likeness (QED) is 0.515. The van der Waals surface area contributed by atoms with Crippen molar-refractivity contribution in [1.29, 1.82) is 0 Å². The molecule has 0 saturated carbocycles. The van der Waals surface area contributed by atoms with Crippen LogP contribution in [0.5, 0.6) is 0 Å². The van der Waals surface area contributed by atoms with Crippen LogP contribution in [0.25, 0.3) is 0 Å². The van der Waals surface area contributed by atoms with Crippen molar-refractivity contribution in [2.75, 3.05) is 5.75 Å². The first-order valence-corrected chi connectivity index (χ1v) is 4.85. The van der Waals surface area contributed by atoms with Crippen LogP contribution in [0.15, 0.2) is 16.3 Å². The van der Waals surface area contributed by atoms with Gasteiger partial charge in [0.15, 0.2) is 6.29 Å². The summed E-state index contributed by atoms with van der Waals surface area (Å²) in [6.45, 7) is 2.10. The van der Waals surface area contributed by atoms with Gasteiger partial charge in [-0.25, -0.2) is 0 Å². The van der Waals surface area contributed by atoms with Crippen molar-refractivity contribution in [1.82, 2.24) is 0 Å². The Morgan fingerprint density at radius 3 is 3.00 bits per heavy atom. The lowest BCUT2D eigenvalue weighted by molar-refractivity contribution is 0.112. The molecule has 1 rings (SSSR count). The van der Waals surface area contributed by atoms with Gasteiger partial charge in [-0.3, -0.25) is 4.79 Å². The molecule has 0 saturated heterocycles. The average Bonchev–Trinajstić information content (AvgIpc) is 2.37. The molecule has 0 aliphatic heterocycles. The van der Waals surface area contributed by atoms with Gasteiger partial charge in [-0.15, -0.1) is 23.1 Å². The number of hydrogen-bond acceptors (Lipinski definition) is 3. The van der Waals surface area contributed by atoms with E-state index in [1.54, 1.807) is 23.1 Å². The van der Waals surface area contributed by atoms with Gasteiger partial charge in [-0.2, -0.15) is 0 Å². The topological polar surface area (TPSA) is 17.1 Å². The molecule has 1 aromatic heterocycles. The molecule has 0 bridgehead atoms. The van der Waals surface area contributed by atoms with Crippen LogP contribution >= 0.6 is 23.1 Å². The van der Waals surface area contributed by atoms with Gasteiger partial charge >= 0.3 is 0 Å². The number of hydrogen-bond donors (Lipinski definition) is 0. The van der Waals surface area contributed by atoms with E-state index in [0.29, 0.717) is 0 Å². The van der Waals surface area contributed by atoms with Crippen LogP contribution in [0, 0.1) is 0 Å². The largest absolute Gasteiger partial charge is 0.297 e. The summed E-state index contributed by atoms with van der Waals surface area (Å²) in [5.74, 6) is 1.07. The summed E-state index contributed by atoms with van der Waals surface area (Å²) < 4.78 is 1.23. The number of carbonyl (C=O) groups is 1. The molecule has 0 amide bonds. The molecule has 3 heteroatoms. The third-order valence-electron chi connectivity index (χ3n) is 1.00. The molecule has 0 unspecified atom stereocenters. The highest BCUT2D eigenvalue weighted by Gasteiger charge is 1.96. The lowest BCUT2D eigenvalue weighted by Gasteiger charge is -1.86. The second kappa shape index (κ2) is 3.78. The number of carbonyl (C=O) groups excluding carboxylic acids is 1. The van der Waals surface area contributed by atoms with Gasteiger partial charge in [0.2, 0.25) is 0 Å². The standard InChI is InChI=1S/C7H8OS2/c1-2-9-7-4-3-6(5-8)10-7/h3-5H,2H2,1H3. The van der Waals surface area contributed by atoms with Crippen LogP contribution < -0.4 is 0 Å². The zero-order valence-electron chi connectivity index (χ0n) is 5.66. The molecule has 1 aromatic rings. The maximum absolute atomic E-state index is 10.2. The zero-order valence-corrected chi connectivity index (χ0v) is 7.30. The highest BCUT2D eigenvalue weighted by atomic mass is 32.2. The Hall–Kier alpha value is -0.280. The van der Waals surface area contributed by atoms with Gasteiger partial charge in [-0.05, 0) is 17.9 Å². The minimum atomic E-state index is 0.816. The summed E-state index contributed by atoms with van der Waals surface area (Å²) in [4.78, 5) is 11.0. The molecule has 1 heterocycles. The highest BCUT2D eigenvalue weighted by molar-refractivity contribution is 8.01. The zero-order chi connectivity index (χ0) is 7.40. The normalized spacial score (nSPS) is 9.70. The van der Waals surface area contributed by atoms with E-state index in [2.05, 4.69) is 6.92 Å². The van der Waals surface area contributed by atoms with E-state index in [1.165, 1.54) is 4.21 Å². The van der Waals surface area contributed by atoms with Crippen LogP contribution in [-0.4, -0.2) is 12.0 Å². The lowest BCUT2D eigenvalue weighted by Crippen LogP contribution is -1.62. The number of thiophene rings is 1. The van der Waals surface area contributed by atoms with Crippen molar-refractivity contribution in [3.05, 3.63) is 17.0 Å². The molecule has 10 heavy (non-hydrogen) atoms. The fraction of sp³-hybridized carbons (Fsp3) is 0.286. The average molecular weight is 172 g/mol. The van der Waals surface area contributed by atoms with Crippen molar-refractivity contribution < 1.29 is 4.79 Å². The molecule has 0 aromatic carbocycles. The first-order valence-electron chi connectivity index (χ1n) is 3.04. The van der Waals surface area contributed by atoms with E-state index >= 15 is 0 Å². The van der Waals surface area contributed by atoms with Crippen molar-refractivity contribution in [2.45, 2.75) is 11.1 Å². The summed E-state index contributed by atoms with van der Waals surface area (Å²) in [6.07, 6.45) is 0.893. The summed E-state index contributed by atoms with van der Waals surface area (Å²) in [7, 11) is 0. The van der Waals surface area contributed by atoms with Gasteiger partial charge in [0.1, 0.15) is 0 Å². The molecule has 0 spiro atoms. The molecule has 0 fully saturated rings. The smallest absolute Gasteiger partial charge is 0.160 e. The number of thioether (sulfide) groups is 1. The Morgan fingerprint density at radius 1 is 1.70 bits per heavy atom. The Morgan fingerprint density at radius 2 is 2.50 bits per heavy atom. The summed E-state index contributed by atoms with van der Waals surface area (Å²) in [5.41, 5.74) is 0. The number of rotatable bonds is 3. The molecular weight excluding hydrogens is 164 g/mol. The van der Waals surface area contributed by atoms with Crippen molar-refractivity contribution >= 4 is 29.4 Å². The van der Waals surface area contributed by atoms with E-state index in [1.807, 2.05) is 12.1 Å². The van der Waals surface area contributed by atoms with Crippen molar-refractivity contribution in [3.8, 4) is 0 Å².